The van der Waals surface area contributed by atoms with Crippen LogP contribution in [0.25, 0.3) is 0 Å². The Labute approximate surface area is 69.9 Å². The van der Waals surface area contributed by atoms with Crippen molar-refractivity contribution in [2.24, 2.45) is 10.9 Å². The van der Waals surface area contributed by atoms with E-state index in [-0.39, 0.29) is 0 Å². The highest BCUT2D eigenvalue weighted by atomic mass is 14.7. The van der Waals surface area contributed by atoms with E-state index in [0.29, 0.717) is 5.92 Å². The van der Waals surface area contributed by atoms with Crippen LogP contribution in [0.4, 0.5) is 0 Å². The zero-order valence-electron chi connectivity index (χ0n) is 7.77. The minimum absolute atomic E-state index is 0.674. The van der Waals surface area contributed by atoms with Gasteiger partial charge in [0.05, 0.1) is 0 Å². The molecule has 1 aliphatic rings. The molecule has 0 aromatic heterocycles. The fourth-order valence-corrected chi connectivity index (χ4v) is 1.54. The molecule has 0 aromatic rings. The third kappa shape index (κ3) is 3.04. The Morgan fingerprint density at radius 1 is 1.09 bits per heavy atom. The highest BCUT2D eigenvalue weighted by molar-refractivity contribution is 5.86. The average molecular weight is 153 g/mol. The molecule has 64 valence electrons. The second-order valence-corrected chi connectivity index (χ2v) is 3.69. The Morgan fingerprint density at radius 2 is 1.82 bits per heavy atom. The molecule has 0 saturated heterocycles. The van der Waals surface area contributed by atoms with Crippen LogP contribution in [-0.4, -0.2) is 12.3 Å². The first-order valence-electron chi connectivity index (χ1n) is 4.84. The van der Waals surface area contributed by atoms with Crippen LogP contribution in [0.5, 0.6) is 0 Å². The van der Waals surface area contributed by atoms with Crippen LogP contribution in [-0.2, 0) is 0 Å². The van der Waals surface area contributed by atoms with E-state index in [4.69, 9.17) is 0 Å². The Morgan fingerprint density at radius 3 is 2.55 bits per heavy atom. The topological polar surface area (TPSA) is 12.4 Å². The average Bonchev–Trinajstić information content (AvgIpc) is 1.84. The van der Waals surface area contributed by atoms with Crippen molar-refractivity contribution in [3.8, 4) is 0 Å². The number of rotatable bonds is 1. The molecule has 1 nitrogen and oxygen atoms in total. The van der Waals surface area contributed by atoms with Crippen LogP contribution in [0, 0.1) is 5.92 Å². The van der Waals surface area contributed by atoms with Gasteiger partial charge in [-0.3, -0.25) is 4.99 Å². The molecule has 0 radical (unpaired) electrons. The second-order valence-electron chi connectivity index (χ2n) is 3.69. The summed E-state index contributed by atoms with van der Waals surface area (Å²) >= 11 is 0. The fraction of sp³-hybridized carbons (Fsp3) is 0.900. The molecule has 1 heteroatoms. The molecule has 0 fully saturated rings. The van der Waals surface area contributed by atoms with Crippen LogP contribution < -0.4 is 0 Å². The molecular weight excluding hydrogens is 134 g/mol. The van der Waals surface area contributed by atoms with E-state index in [0.717, 1.165) is 6.54 Å². The van der Waals surface area contributed by atoms with E-state index in [1.807, 2.05) is 0 Å². The first-order valence-corrected chi connectivity index (χ1v) is 4.84. The quantitative estimate of drug-likeness (QED) is 0.549. The number of hydrogen-bond donors (Lipinski definition) is 0. The van der Waals surface area contributed by atoms with Gasteiger partial charge in [-0.15, -0.1) is 0 Å². The summed E-state index contributed by atoms with van der Waals surface area (Å²) in [5.74, 6) is 0.674. The summed E-state index contributed by atoms with van der Waals surface area (Å²) in [5.41, 5.74) is 1.45. The summed E-state index contributed by atoms with van der Waals surface area (Å²) in [6.45, 7) is 5.58. The predicted molar refractivity (Wildman–Crippen MR) is 50.2 cm³/mol. The van der Waals surface area contributed by atoms with Gasteiger partial charge in [0, 0.05) is 12.3 Å². The Hall–Kier alpha value is -0.330. The van der Waals surface area contributed by atoms with Gasteiger partial charge in [-0.2, -0.15) is 0 Å². The van der Waals surface area contributed by atoms with Crippen LogP contribution in [0.1, 0.15) is 46.0 Å². The van der Waals surface area contributed by atoms with Crippen LogP contribution in [0.3, 0.4) is 0 Å². The zero-order chi connectivity index (χ0) is 8.10. The maximum atomic E-state index is 4.60. The molecule has 11 heavy (non-hydrogen) atoms. The Kier molecular flexibility index (Phi) is 3.61. The minimum atomic E-state index is 0.674. The maximum Gasteiger partial charge on any atom is 0.0388 e. The van der Waals surface area contributed by atoms with E-state index in [1.165, 1.54) is 37.8 Å². The minimum Gasteiger partial charge on any atom is -0.294 e. The van der Waals surface area contributed by atoms with E-state index >= 15 is 0 Å². The summed E-state index contributed by atoms with van der Waals surface area (Å²) in [5, 5.41) is 0. The predicted octanol–water partition coefficient (Wildman–Crippen LogP) is 3.05. The van der Waals surface area contributed by atoms with Crippen molar-refractivity contribution in [1.82, 2.24) is 0 Å². The summed E-state index contributed by atoms with van der Waals surface area (Å²) < 4.78 is 0. The van der Waals surface area contributed by atoms with Crippen molar-refractivity contribution in [2.45, 2.75) is 46.0 Å². The lowest BCUT2D eigenvalue weighted by molar-refractivity contribution is 0.629. The molecule has 0 amide bonds. The van der Waals surface area contributed by atoms with Gasteiger partial charge < -0.3 is 0 Å². The number of aliphatic imine (C=N–C) groups is 1. The van der Waals surface area contributed by atoms with Gasteiger partial charge in [-0.25, -0.2) is 0 Å². The summed E-state index contributed by atoms with van der Waals surface area (Å²) in [7, 11) is 0. The second kappa shape index (κ2) is 4.53. The van der Waals surface area contributed by atoms with Crippen LogP contribution in [0.2, 0.25) is 0 Å². The lowest BCUT2D eigenvalue weighted by Crippen LogP contribution is -2.10. The molecule has 0 saturated carbocycles. The maximum absolute atomic E-state index is 4.60. The first kappa shape index (κ1) is 8.76. The Bertz CT molecular complexity index is 136. The number of hydrogen-bond acceptors (Lipinski definition) is 1. The molecule has 0 bridgehead atoms. The lowest BCUT2D eigenvalue weighted by Gasteiger charge is -2.12. The van der Waals surface area contributed by atoms with Crippen LogP contribution in [0.15, 0.2) is 4.99 Å². The van der Waals surface area contributed by atoms with E-state index in [9.17, 15) is 0 Å². The molecular formula is C10H19N. The van der Waals surface area contributed by atoms with Gasteiger partial charge in [-0.1, -0.05) is 26.7 Å². The molecule has 0 N–H and O–H groups in total. The molecule has 1 heterocycles. The van der Waals surface area contributed by atoms with E-state index in [1.54, 1.807) is 0 Å². The fourth-order valence-electron chi connectivity index (χ4n) is 1.54. The van der Waals surface area contributed by atoms with Crippen LogP contribution >= 0.6 is 0 Å². The van der Waals surface area contributed by atoms with Gasteiger partial charge in [-0.05, 0) is 25.2 Å². The largest absolute Gasteiger partial charge is 0.294 e. The van der Waals surface area contributed by atoms with Crippen molar-refractivity contribution in [2.75, 3.05) is 6.54 Å². The normalized spacial score (nSPS) is 20.8. The molecule has 0 aliphatic carbocycles. The molecule has 0 atom stereocenters. The first-order chi connectivity index (χ1) is 5.30. The molecule has 0 aromatic carbocycles. The third-order valence-electron chi connectivity index (χ3n) is 2.32. The highest BCUT2D eigenvalue weighted by Crippen LogP contribution is 2.12. The van der Waals surface area contributed by atoms with Crippen molar-refractivity contribution in [3.63, 3.8) is 0 Å². The lowest BCUT2D eigenvalue weighted by atomic mass is 9.99. The van der Waals surface area contributed by atoms with Crippen molar-refractivity contribution < 1.29 is 0 Å². The molecule has 0 unspecified atom stereocenters. The summed E-state index contributed by atoms with van der Waals surface area (Å²) in [6.07, 6.45) is 6.70. The van der Waals surface area contributed by atoms with Gasteiger partial charge >= 0.3 is 0 Å². The van der Waals surface area contributed by atoms with Gasteiger partial charge in [0.25, 0.3) is 0 Å². The Balaban J connectivity index is 2.45. The van der Waals surface area contributed by atoms with Gasteiger partial charge in [0.15, 0.2) is 0 Å². The zero-order valence-corrected chi connectivity index (χ0v) is 7.77. The van der Waals surface area contributed by atoms with Gasteiger partial charge in [0.2, 0.25) is 0 Å². The van der Waals surface area contributed by atoms with E-state index < -0.39 is 0 Å². The molecule has 1 aliphatic heterocycles. The third-order valence-corrected chi connectivity index (χ3v) is 2.32. The highest BCUT2D eigenvalue weighted by Gasteiger charge is 2.06. The van der Waals surface area contributed by atoms with Crippen molar-refractivity contribution in [3.05, 3.63) is 0 Å². The van der Waals surface area contributed by atoms with Crippen molar-refractivity contribution >= 4 is 5.71 Å². The number of nitrogens with zero attached hydrogens (tertiary/aromatic N) is 1. The summed E-state index contributed by atoms with van der Waals surface area (Å²) in [6, 6.07) is 0. The van der Waals surface area contributed by atoms with E-state index in [2.05, 4.69) is 18.8 Å². The standard InChI is InChI=1S/C10H19N/c1-9(2)10-7-5-3-4-6-8-11-10/h9H,3-8H2,1-2H3. The van der Waals surface area contributed by atoms with Crippen molar-refractivity contribution in [1.29, 1.82) is 0 Å². The molecule has 0 spiro atoms. The van der Waals surface area contributed by atoms with Gasteiger partial charge in [0.1, 0.15) is 0 Å². The smallest absolute Gasteiger partial charge is 0.0388 e. The molecule has 1 rings (SSSR count). The summed E-state index contributed by atoms with van der Waals surface area (Å²) in [4.78, 5) is 4.60. The monoisotopic (exact) mass is 153 g/mol. The SMILES string of the molecule is CC(C)C1=NCCCCCC1.